The standard InChI is InChI=1S/C14H15N3O/c15-11-7-8-17(9-11)14(18)13-6-5-10-3-1-2-4-12(10)16-13/h1-6,11H,7-9,15H2/t11-/m1/s1. The number of likely N-dealkylation sites (tertiary alicyclic amines) is 1. The third-order valence-electron chi connectivity index (χ3n) is 3.33. The van der Waals surface area contributed by atoms with Gasteiger partial charge >= 0.3 is 0 Å². The van der Waals surface area contributed by atoms with E-state index in [2.05, 4.69) is 4.98 Å². The van der Waals surface area contributed by atoms with E-state index in [0.29, 0.717) is 12.2 Å². The number of carbonyl (C=O) groups is 1. The number of fused-ring (bicyclic) bond motifs is 1. The minimum Gasteiger partial charge on any atom is -0.336 e. The molecule has 1 aromatic carbocycles. The van der Waals surface area contributed by atoms with Crippen LogP contribution < -0.4 is 5.73 Å². The molecule has 0 aliphatic carbocycles. The average Bonchev–Trinajstić information content (AvgIpc) is 2.84. The van der Waals surface area contributed by atoms with Gasteiger partial charge in [-0.1, -0.05) is 24.3 Å². The number of para-hydroxylation sites is 1. The fourth-order valence-corrected chi connectivity index (χ4v) is 2.32. The van der Waals surface area contributed by atoms with Gasteiger partial charge in [-0.3, -0.25) is 4.79 Å². The number of nitrogens with zero attached hydrogens (tertiary/aromatic N) is 2. The van der Waals surface area contributed by atoms with Gasteiger partial charge in [0.15, 0.2) is 0 Å². The molecule has 1 saturated heterocycles. The topological polar surface area (TPSA) is 59.2 Å². The Morgan fingerprint density at radius 2 is 2.11 bits per heavy atom. The van der Waals surface area contributed by atoms with Crippen molar-refractivity contribution in [3.63, 3.8) is 0 Å². The summed E-state index contributed by atoms with van der Waals surface area (Å²) in [6.45, 7) is 1.36. The van der Waals surface area contributed by atoms with Crippen LogP contribution in [0.2, 0.25) is 0 Å². The van der Waals surface area contributed by atoms with Crippen LogP contribution in [0.1, 0.15) is 16.9 Å². The molecular weight excluding hydrogens is 226 g/mol. The Bertz CT molecular complexity index is 596. The van der Waals surface area contributed by atoms with Gasteiger partial charge in [-0.25, -0.2) is 4.98 Å². The predicted octanol–water partition coefficient (Wildman–Crippen LogP) is 1.41. The molecule has 0 saturated carbocycles. The van der Waals surface area contributed by atoms with Crippen LogP contribution in [0.4, 0.5) is 0 Å². The highest BCUT2D eigenvalue weighted by molar-refractivity contribution is 5.95. The van der Waals surface area contributed by atoms with E-state index < -0.39 is 0 Å². The molecule has 1 aromatic heterocycles. The zero-order valence-corrected chi connectivity index (χ0v) is 10.0. The number of carbonyl (C=O) groups excluding carboxylic acids is 1. The number of hydrogen-bond donors (Lipinski definition) is 1. The number of amides is 1. The normalized spacial score (nSPS) is 19.4. The molecule has 0 bridgehead atoms. The van der Waals surface area contributed by atoms with Crippen molar-refractivity contribution in [2.75, 3.05) is 13.1 Å². The Morgan fingerprint density at radius 1 is 1.28 bits per heavy atom. The van der Waals surface area contributed by atoms with Gasteiger partial charge in [-0.05, 0) is 18.6 Å². The number of pyridine rings is 1. The second-order valence-corrected chi connectivity index (χ2v) is 4.69. The summed E-state index contributed by atoms with van der Waals surface area (Å²) in [6.07, 6.45) is 0.874. The first kappa shape index (κ1) is 11.2. The van der Waals surface area contributed by atoms with E-state index >= 15 is 0 Å². The molecule has 4 nitrogen and oxygen atoms in total. The first-order chi connectivity index (χ1) is 8.74. The lowest BCUT2D eigenvalue weighted by Gasteiger charge is -2.15. The number of aromatic nitrogens is 1. The molecule has 2 aromatic rings. The van der Waals surface area contributed by atoms with Crippen molar-refractivity contribution < 1.29 is 4.79 Å². The van der Waals surface area contributed by atoms with Crippen molar-refractivity contribution in [3.05, 3.63) is 42.1 Å². The van der Waals surface area contributed by atoms with E-state index in [1.165, 1.54) is 0 Å². The second kappa shape index (κ2) is 4.38. The summed E-state index contributed by atoms with van der Waals surface area (Å²) < 4.78 is 0. The van der Waals surface area contributed by atoms with E-state index in [1.807, 2.05) is 30.3 Å². The largest absolute Gasteiger partial charge is 0.336 e. The zero-order chi connectivity index (χ0) is 12.5. The molecule has 3 rings (SSSR count). The molecule has 1 aliphatic rings. The van der Waals surface area contributed by atoms with Crippen LogP contribution in [0.15, 0.2) is 36.4 Å². The fourth-order valence-electron chi connectivity index (χ4n) is 2.32. The van der Waals surface area contributed by atoms with Gasteiger partial charge in [0.05, 0.1) is 5.52 Å². The molecule has 0 unspecified atom stereocenters. The number of hydrogen-bond acceptors (Lipinski definition) is 3. The van der Waals surface area contributed by atoms with Crippen molar-refractivity contribution in [2.45, 2.75) is 12.5 Å². The quantitative estimate of drug-likeness (QED) is 0.821. The zero-order valence-electron chi connectivity index (χ0n) is 10.0. The Hall–Kier alpha value is -1.94. The van der Waals surface area contributed by atoms with Gasteiger partial charge in [-0.15, -0.1) is 0 Å². The van der Waals surface area contributed by atoms with Gasteiger partial charge in [0.25, 0.3) is 5.91 Å². The van der Waals surface area contributed by atoms with Gasteiger partial charge in [0, 0.05) is 24.5 Å². The Morgan fingerprint density at radius 3 is 2.89 bits per heavy atom. The van der Waals surface area contributed by atoms with Crippen molar-refractivity contribution in [1.29, 1.82) is 0 Å². The lowest BCUT2D eigenvalue weighted by atomic mass is 10.2. The average molecular weight is 241 g/mol. The van der Waals surface area contributed by atoms with Crippen LogP contribution >= 0.6 is 0 Å². The smallest absolute Gasteiger partial charge is 0.272 e. The summed E-state index contributed by atoms with van der Waals surface area (Å²) in [7, 11) is 0. The predicted molar refractivity (Wildman–Crippen MR) is 70.2 cm³/mol. The van der Waals surface area contributed by atoms with Gasteiger partial charge in [-0.2, -0.15) is 0 Å². The third kappa shape index (κ3) is 1.95. The van der Waals surface area contributed by atoms with Crippen LogP contribution in [0.25, 0.3) is 10.9 Å². The van der Waals surface area contributed by atoms with Gasteiger partial charge < -0.3 is 10.6 Å². The van der Waals surface area contributed by atoms with E-state index in [1.54, 1.807) is 11.0 Å². The van der Waals surface area contributed by atoms with Crippen LogP contribution in [0.5, 0.6) is 0 Å². The first-order valence-electron chi connectivity index (χ1n) is 6.15. The van der Waals surface area contributed by atoms with Gasteiger partial charge in [0.1, 0.15) is 5.69 Å². The maximum Gasteiger partial charge on any atom is 0.272 e. The first-order valence-corrected chi connectivity index (χ1v) is 6.15. The monoisotopic (exact) mass is 241 g/mol. The third-order valence-corrected chi connectivity index (χ3v) is 3.33. The maximum atomic E-state index is 12.2. The molecule has 1 fully saturated rings. The highest BCUT2D eigenvalue weighted by Gasteiger charge is 2.25. The van der Waals surface area contributed by atoms with Gasteiger partial charge in [0.2, 0.25) is 0 Å². The summed E-state index contributed by atoms with van der Waals surface area (Å²) in [5, 5.41) is 1.05. The highest BCUT2D eigenvalue weighted by atomic mass is 16.2. The molecule has 1 atom stereocenters. The molecule has 1 aliphatic heterocycles. The SMILES string of the molecule is N[C@@H]1CCN(C(=O)c2ccc3ccccc3n2)C1. The summed E-state index contributed by atoms with van der Waals surface area (Å²) >= 11 is 0. The van der Waals surface area contributed by atoms with Crippen LogP contribution in [0, 0.1) is 0 Å². The molecule has 92 valence electrons. The number of rotatable bonds is 1. The van der Waals surface area contributed by atoms with Crippen molar-refractivity contribution in [1.82, 2.24) is 9.88 Å². The van der Waals surface area contributed by atoms with Crippen LogP contribution in [-0.4, -0.2) is 34.9 Å². The minimum atomic E-state index is -0.0197. The van der Waals surface area contributed by atoms with Crippen LogP contribution in [-0.2, 0) is 0 Å². The molecular formula is C14H15N3O. The summed E-state index contributed by atoms with van der Waals surface area (Å²) in [5.74, 6) is -0.0197. The molecule has 4 heteroatoms. The Balaban J connectivity index is 1.92. The number of nitrogens with two attached hydrogens (primary N) is 1. The Kier molecular flexibility index (Phi) is 2.72. The molecule has 2 N–H and O–H groups in total. The second-order valence-electron chi connectivity index (χ2n) is 4.69. The van der Waals surface area contributed by atoms with E-state index in [9.17, 15) is 4.79 Å². The molecule has 0 spiro atoms. The maximum absolute atomic E-state index is 12.2. The summed E-state index contributed by atoms with van der Waals surface area (Å²) in [6, 6.07) is 11.6. The van der Waals surface area contributed by atoms with Crippen molar-refractivity contribution >= 4 is 16.8 Å². The number of benzene rings is 1. The molecule has 2 heterocycles. The lowest BCUT2D eigenvalue weighted by Crippen LogP contribution is -2.32. The fraction of sp³-hybridized carbons (Fsp3) is 0.286. The van der Waals surface area contributed by atoms with Crippen LogP contribution in [0.3, 0.4) is 0 Å². The highest BCUT2D eigenvalue weighted by Crippen LogP contribution is 2.15. The summed E-state index contributed by atoms with van der Waals surface area (Å²) in [5.41, 5.74) is 7.17. The molecule has 1 amide bonds. The van der Waals surface area contributed by atoms with E-state index in [4.69, 9.17) is 5.73 Å². The molecule has 18 heavy (non-hydrogen) atoms. The molecule has 0 radical (unpaired) electrons. The van der Waals surface area contributed by atoms with Crippen molar-refractivity contribution in [2.24, 2.45) is 5.73 Å². The van der Waals surface area contributed by atoms with Crippen molar-refractivity contribution in [3.8, 4) is 0 Å². The van der Waals surface area contributed by atoms with E-state index in [0.717, 1.165) is 23.9 Å². The van der Waals surface area contributed by atoms with E-state index in [-0.39, 0.29) is 11.9 Å². The Labute approximate surface area is 105 Å². The lowest BCUT2D eigenvalue weighted by molar-refractivity contribution is 0.0785. The minimum absolute atomic E-state index is 0.0197. The summed E-state index contributed by atoms with van der Waals surface area (Å²) in [4.78, 5) is 18.4.